The third-order valence-corrected chi connectivity index (χ3v) is 12.4. The number of hydrogen-bond donors (Lipinski definition) is 2. The summed E-state index contributed by atoms with van der Waals surface area (Å²) in [5.74, 6) is -1.16. The van der Waals surface area contributed by atoms with Gasteiger partial charge in [0.05, 0.1) is 33.9 Å². The Bertz CT molecular complexity index is 1290. The number of likely N-dealkylation sites (N-methyl/N-ethyl adjacent to an activating group) is 1. The fraction of sp³-hybridized carbons (Fsp3) is 0.820. The van der Waals surface area contributed by atoms with E-state index in [1.165, 1.54) is 103 Å². The van der Waals surface area contributed by atoms with E-state index in [9.17, 15) is 28.9 Å². The standard InChI is InChI=1S/C50H90NO10P/c1-6-8-10-11-12-13-14-15-16-17-18-19-20-21-22-23-24-25-30-34-49(54)58-42-46(43-60-62(56,57)59-41-40-51(3,4)5)61-50(55)35-31-27-26-29-32-44-36-39-48(53)47(44)38-37-45(52)33-28-9-7-2/h26,29,36-39,44-47,52H,6-25,27-28,30-35,40-43H2,1-5H3/p+1/b29-26-,38-37+/t44-,45-,46+,47+/m0/s1. The van der Waals surface area contributed by atoms with Crippen LogP contribution in [0, 0.1) is 11.8 Å². The van der Waals surface area contributed by atoms with Gasteiger partial charge in [-0.25, -0.2) is 4.57 Å². The molecule has 5 atom stereocenters. The van der Waals surface area contributed by atoms with Crippen LogP contribution in [0.2, 0.25) is 0 Å². The molecule has 0 aromatic carbocycles. The molecule has 1 unspecified atom stereocenters. The highest BCUT2D eigenvalue weighted by Gasteiger charge is 2.28. The average molecular weight is 897 g/mol. The molecule has 0 saturated carbocycles. The number of allylic oxidation sites excluding steroid dienone is 5. The number of aliphatic hydroxyl groups is 1. The van der Waals surface area contributed by atoms with Gasteiger partial charge in [-0.1, -0.05) is 179 Å². The van der Waals surface area contributed by atoms with Gasteiger partial charge in [0.2, 0.25) is 0 Å². The fourth-order valence-corrected chi connectivity index (χ4v) is 8.16. The number of quaternary nitrogens is 1. The Morgan fingerprint density at radius 1 is 0.726 bits per heavy atom. The molecule has 0 radical (unpaired) electrons. The Kier molecular flexibility index (Phi) is 34.7. The Balaban J connectivity index is 2.38. The quantitative estimate of drug-likeness (QED) is 0.0200. The van der Waals surface area contributed by atoms with Gasteiger partial charge in [0.25, 0.3) is 0 Å². The van der Waals surface area contributed by atoms with Crippen LogP contribution in [-0.2, 0) is 37.5 Å². The Labute approximate surface area is 378 Å². The number of carbonyl (C=O) groups excluding carboxylic acids is 3. The maximum atomic E-state index is 12.8. The van der Waals surface area contributed by atoms with Gasteiger partial charge in [-0.3, -0.25) is 23.4 Å². The van der Waals surface area contributed by atoms with Gasteiger partial charge in [0.15, 0.2) is 11.9 Å². The molecule has 0 saturated heterocycles. The summed E-state index contributed by atoms with van der Waals surface area (Å²) >= 11 is 0. The van der Waals surface area contributed by atoms with E-state index in [2.05, 4.69) is 13.8 Å². The van der Waals surface area contributed by atoms with E-state index in [0.717, 1.165) is 32.1 Å². The van der Waals surface area contributed by atoms with Crippen LogP contribution < -0.4 is 0 Å². The molecule has 12 heteroatoms. The number of aliphatic hydroxyl groups excluding tert-OH is 1. The zero-order valence-electron chi connectivity index (χ0n) is 40.0. The lowest BCUT2D eigenvalue weighted by Gasteiger charge is -2.24. The summed E-state index contributed by atoms with van der Waals surface area (Å²) in [5.41, 5.74) is 0. The van der Waals surface area contributed by atoms with E-state index in [0.29, 0.717) is 43.1 Å². The highest BCUT2D eigenvalue weighted by Crippen LogP contribution is 2.43. The van der Waals surface area contributed by atoms with Crippen LogP contribution in [0.4, 0.5) is 0 Å². The first kappa shape index (κ1) is 57.9. The second-order valence-electron chi connectivity index (χ2n) is 18.5. The van der Waals surface area contributed by atoms with E-state index >= 15 is 0 Å². The van der Waals surface area contributed by atoms with Crippen molar-refractivity contribution >= 4 is 25.5 Å². The summed E-state index contributed by atoms with van der Waals surface area (Å²) < 4.78 is 34.4. The summed E-state index contributed by atoms with van der Waals surface area (Å²) in [4.78, 5) is 48.1. The highest BCUT2D eigenvalue weighted by molar-refractivity contribution is 7.47. The van der Waals surface area contributed by atoms with Crippen molar-refractivity contribution in [3.05, 3.63) is 36.5 Å². The normalized spacial score (nSPS) is 17.6. The minimum absolute atomic E-state index is 0.00335. The smallest absolute Gasteiger partial charge is 0.462 e. The minimum atomic E-state index is -4.43. The number of unbranched alkanes of at least 4 members (excludes halogenated alkanes) is 21. The van der Waals surface area contributed by atoms with Crippen LogP contribution in [0.1, 0.15) is 194 Å². The van der Waals surface area contributed by atoms with Crippen molar-refractivity contribution in [3.63, 3.8) is 0 Å². The molecule has 0 fully saturated rings. The molecule has 1 aliphatic carbocycles. The molecular formula is C50H91NO10P+. The number of rotatable bonds is 42. The minimum Gasteiger partial charge on any atom is -0.462 e. The number of carbonyl (C=O) groups is 3. The number of phosphoric ester groups is 1. The van der Waals surface area contributed by atoms with E-state index < -0.39 is 38.6 Å². The van der Waals surface area contributed by atoms with Crippen LogP contribution in [0.25, 0.3) is 0 Å². The second kappa shape index (κ2) is 37.1. The van der Waals surface area contributed by atoms with Crippen molar-refractivity contribution in [2.45, 2.75) is 206 Å². The van der Waals surface area contributed by atoms with E-state index in [1.807, 2.05) is 45.4 Å². The van der Waals surface area contributed by atoms with Gasteiger partial charge in [-0.2, -0.15) is 0 Å². The molecular weight excluding hydrogens is 806 g/mol. The van der Waals surface area contributed by atoms with Crippen molar-refractivity contribution in [2.75, 3.05) is 47.5 Å². The van der Waals surface area contributed by atoms with Gasteiger partial charge >= 0.3 is 19.8 Å². The molecule has 2 N–H and O–H groups in total. The third kappa shape index (κ3) is 34.3. The van der Waals surface area contributed by atoms with Crippen molar-refractivity contribution in [1.29, 1.82) is 0 Å². The first-order valence-corrected chi connectivity index (χ1v) is 26.3. The van der Waals surface area contributed by atoms with Crippen molar-refractivity contribution in [3.8, 4) is 0 Å². The maximum Gasteiger partial charge on any atom is 0.472 e. The first-order valence-electron chi connectivity index (χ1n) is 24.8. The van der Waals surface area contributed by atoms with E-state index in [1.54, 1.807) is 12.2 Å². The number of ether oxygens (including phenoxy) is 2. The van der Waals surface area contributed by atoms with Crippen LogP contribution in [-0.4, -0.2) is 91.9 Å². The topological polar surface area (TPSA) is 146 Å². The van der Waals surface area contributed by atoms with Gasteiger partial charge < -0.3 is 24.0 Å². The van der Waals surface area contributed by atoms with Crippen molar-refractivity contribution in [2.24, 2.45) is 11.8 Å². The lowest BCUT2D eigenvalue weighted by atomic mass is 9.90. The lowest BCUT2D eigenvalue weighted by Crippen LogP contribution is -2.37. The highest BCUT2D eigenvalue weighted by atomic mass is 31.2. The molecule has 0 aliphatic heterocycles. The molecule has 0 bridgehead atoms. The lowest BCUT2D eigenvalue weighted by molar-refractivity contribution is -0.870. The Morgan fingerprint density at radius 2 is 1.26 bits per heavy atom. The van der Waals surface area contributed by atoms with Crippen LogP contribution in [0.3, 0.4) is 0 Å². The average Bonchev–Trinajstić information content (AvgIpc) is 3.57. The van der Waals surface area contributed by atoms with Crippen LogP contribution >= 0.6 is 7.82 Å². The largest absolute Gasteiger partial charge is 0.472 e. The SMILES string of the molecule is CCCCCCCCCCCCCCCCCCCCCC(=O)OC[C@H](COP(=O)(O)OCC[N+](C)(C)C)OC(=O)CCC/C=C\C[C@H]1C=CC(=O)[C@@H]1/C=C/[C@@H](O)CCCCC. The van der Waals surface area contributed by atoms with E-state index in [-0.39, 0.29) is 43.7 Å². The van der Waals surface area contributed by atoms with Crippen LogP contribution in [0.5, 0.6) is 0 Å². The summed E-state index contributed by atoms with van der Waals surface area (Å²) in [6, 6.07) is 0. The molecule has 0 spiro atoms. The molecule has 1 rings (SSSR count). The fourth-order valence-electron chi connectivity index (χ4n) is 7.42. The molecule has 62 heavy (non-hydrogen) atoms. The Morgan fingerprint density at radius 3 is 1.82 bits per heavy atom. The van der Waals surface area contributed by atoms with Crippen molar-refractivity contribution in [1.82, 2.24) is 0 Å². The monoisotopic (exact) mass is 897 g/mol. The van der Waals surface area contributed by atoms with Gasteiger partial charge in [0.1, 0.15) is 19.8 Å². The summed E-state index contributed by atoms with van der Waals surface area (Å²) in [6.07, 6.45) is 39.6. The first-order chi connectivity index (χ1) is 29.8. The summed E-state index contributed by atoms with van der Waals surface area (Å²) in [5, 5.41) is 10.2. The third-order valence-electron chi connectivity index (χ3n) is 11.4. The van der Waals surface area contributed by atoms with Crippen molar-refractivity contribution < 1.29 is 52.0 Å². The molecule has 0 heterocycles. The zero-order chi connectivity index (χ0) is 45.7. The predicted octanol–water partition coefficient (Wildman–Crippen LogP) is 12.1. The molecule has 11 nitrogen and oxygen atoms in total. The molecule has 0 aromatic rings. The summed E-state index contributed by atoms with van der Waals surface area (Å²) in [6.45, 7) is 4.12. The molecule has 0 amide bonds. The van der Waals surface area contributed by atoms with Crippen LogP contribution in [0.15, 0.2) is 36.5 Å². The zero-order valence-corrected chi connectivity index (χ0v) is 40.9. The Hall–Kier alpha value is -2.14. The van der Waals surface area contributed by atoms with Gasteiger partial charge in [0, 0.05) is 18.8 Å². The van der Waals surface area contributed by atoms with Gasteiger partial charge in [-0.05, 0) is 44.1 Å². The maximum absolute atomic E-state index is 12.8. The summed E-state index contributed by atoms with van der Waals surface area (Å²) in [7, 11) is 1.36. The van der Waals surface area contributed by atoms with E-state index in [4.69, 9.17) is 18.5 Å². The molecule has 1 aliphatic rings. The van der Waals surface area contributed by atoms with Gasteiger partial charge in [-0.15, -0.1) is 0 Å². The number of ketones is 1. The number of esters is 2. The second-order valence-corrected chi connectivity index (χ2v) is 20.0. The molecule has 360 valence electrons. The number of hydrogen-bond acceptors (Lipinski definition) is 9. The molecule has 0 aromatic heterocycles. The predicted molar refractivity (Wildman–Crippen MR) is 252 cm³/mol. The number of phosphoric acid groups is 1. The number of nitrogens with zero attached hydrogens (tertiary/aromatic N) is 1.